The Hall–Kier alpha value is -0.870. The molecule has 1 rings (SSSR count). The van der Waals surface area contributed by atoms with Crippen LogP contribution in [0.2, 0.25) is 0 Å². The van der Waals surface area contributed by atoms with Crippen LogP contribution in [0.5, 0.6) is 0 Å². The predicted molar refractivity (Wildman–Crippen MR) is 67.0 cm³/mol. The van der Waals surface area contributed by atoms with Gasteiger partial charge in [-0.2, -0.15) is 0 Å². The predicted octanol–water partition coefficient (Wildman–Crippen LogP) is 2.26. The lowest BCUT2D eigenvalue weighted by molar-refractivity contribution is 0.0519. The van der Waals surface area contributed by atoms with Crippen molar-refractivity contribution in [2.24, 2.45) is 0 Å². The summed E-state index contributed by atoms with van der Waals surface area (Å²) < 4.78 is 0. The van der Waals surface area contributed by atoms with Crippen molar-refractivity contribution in [1.29, 1.82) is 0 Å². The quantitative estimate of drug-likeness (QED) is 0.849. The van der Waals surface area contributed by atoms with E-state index in [9.17, 15) is 9.90 Å². The normalized spacial score (nSPS) is 14.6. The summed E-state index contributed by atoms with van der Waals surface area (Å²) in [5, 5.41) is 12.5. The van der Waals surface area contributed by atoms with Gasteiger partial charge in [-0.15, -0.1) is 11.3 Å². The fraction of sp³-hybridized carbons (Fsp3) is 0.583. The van der Waals surface area contributed by atoms with E-state index in [1.165, 1.54) is 11.3 Å². The Morgan fingerprint density at radius 2 is 2.19 bits per heavy atom. The molecule has 1 aromatic rings. The van der Waals surface area contributed by atoms with Crippen LogP contribution in [0.25, 0.3) is 0 Å². The second-order valence-corrected chi connectivity index (χ2v) is 5.64. The van der Waals surface area contributed by atoms with Crippen LogP contribution in [0.3, 0.4) is 0 Å². The van der Waals surface area contributed by atoms with E-state index >= 15 is 0 Å². The van der Waals surface area contributed by atoms with E-state index in [0.717, 1.165) is 10.4 Å². The van der Waals surface area contributed by atoms with Gasteiger partial charge < -0.3 is 10.4 Å². The van der Waals surface area contributed by atoms with Gasteiger partial charge in [-0.25, -0.2) is 0 Å². The summed E-state index contributed by atoms with van der Waals surface area (Å²) >= 11 is 1.49. The van der Waals surface area contributed by atoms with Gasteiger partial charge in [-0.1, -0.05) is 6.92 Å². The summed E-state index contributed by atoms with van der Waals surface area (Å²) in [6.45, 7) is 7.89. The zero-order chi connectivity index (χ0) is 12.3. The van der Waals surface area contributed by atoms with Gasteiger partial charge in [-0.05, 0) is 38.8 Å². The Kier molecular flexibility index (Phi) is 4.10. The lowest BCUT2D eigenvalue weighted by Crippen LogP contribution is -2.39. The topological polar surface area (TPSA) is 49.3 Å². The van der Waals surface area contributed by atoms with Crippen LogP contribution in [-0.2, 0) is 0 Å². The molecule has 1 heterocycles. The molecule has 0 fully saturated rings. The smallest absolute Gasteiger partial charge is 0.261 e. The van der Waals surface area contributed by atoms with Crippen LogP contribution in [0, 0.1) is 13.8 Å². The number of rotatable bonds is 4. The number of aliphatic hydroxyl groups is 1. The summed E-state index contributed by atoms with van der Waals surface area (Å²) in [7, 11) is 0. The third kappa shape index (κ3) is 3.32. The van der Waals surface area contributed by atoms with E-state index < -0.39 is 5.60 Å². The standard InChI is InChI=1S/C12H19NO2S/c1-5-12(4,15)7-13-11(14)10-6-8(2)9(3)16-10/h6,15H,5,7H2,1-4H3,(H,13,14). The third-order valence-electron chi connectivity index (χ3n) is 2.78. The maximum Gasteiger partial charge on any atom is 0.261 e. The molecule has 1 amide bonds. The Balaban J connectivity index is 2.60. The number of amides is 1. The molecule has 3 nitrogen and oxygen atoms in total. The first kappa shape index (κ1) is 13.2. The minimum absolute atomic E-state index is 0.102. The molecule has 0 spiro atoms. The largest absolute Gasteiger partial charge is 0.388 e. The number of carbonyl (C=O) groups excluding carboxylic acids is 1. The fourth-order valence-electron chi connectivity index (χ4n) is 1.17. The Morgan fingerprint density at radius 1 is 1.56 bits per heavy atom. The first-order valence-electron chi connectivity index (χ1n) is 5.43. The minimum Gasteiger partial charge on any atom is -0.388 e. The van der Waals surface area contributed by atoms with Crippen molar-refractivity contribution in [3.63, 3.8) is 0 Å². The highest BCUT2D eigenvalue weighted by atomic mass is 32.1. The van der Waals surface area contributed by atoms with E-state index in [4.69, 9.17) is 0 Å². The van der Waals surface area contributed by atoms with Crippen LogP contribution in [0.4, 0.5) is 0 Å². The van der Waals surface area contributed by atoms with E-state index in [-0.39, 0.29) is 5.91 Å². The van der Waals surface area contributed by atoms with Gasteiger partial charge in [0, 0.05) is 11.4 Å². The Labute approximate surface area is 100 Å². The van der Waals surface area contributed by atoms with Crippen LogP contribution < -0.4 is 5.32 Å². The van der Waals surface area contributed by atoms with Gasteiger partial charge in [0.25, 0.3) is 5.91 Å². The molecule has 0 aliphatic heterocycles. The number of aryl methyl sites for hydroxylation is 2. The van der Waals surface area contributed by atoms with Gasteiger partial charge >= 0.3 is 0 Å². The highest BCUT2D eigenvalue weighted by Crippen LogP contribution is 2.20. The van der Waals surface area contributed by atoms with Gasteiger partial charge in [0.2, 0.25) is 0 Å². The number of thiophene rings is 1. The molecule has 0 aromatic carbocycles. The van der Waals surface area contributed by atoms with Crippen LogP contribution in [0.15, 0.2) is 6.07 Å². The summed E-state index contributed by atoms with van der Waals surface area (Å²) in [5.41, 5.74) is 0.314. The zero-order valence-electron chi connectivity index (χ0n) is 10.3. The maximum atomic E-state index is 11.8. The highest BCUT2D eigenvalue weighted by molar-refractivity contribution is 7.14. The van der Waals surface area contributed by atoms with Crippen molar-refractivity contribution in [1.82, 2.24) is 5.32 Å². The van der Waals surface area contributed by atoms with Crippen molar-refractivity contribution < 1.29 is 9.90 Å². The summed E-state index contributed by atoms with van der Waals surface area (Å²) in [5.74, 6) is -0.102. The van der Waals surface area contributed by atoms with E-state index in [1.54, 1.807) is 6.92 Å². The van der Waals surface area contributed by atoms with Crippen molar-refractivity contribution in [3.05, 3.63) is 21.4 Å². The summed E-state index contributed by atoms with van der Waals surface area (Å²) in [4.78, 5) is 13.6. The van der Waals surface area contributed by atoms with Gasteiger partial charge in [0.05, 0.1) is 10.5 Å². The molecule has 0 saturated heterocycles. The number of hydrogen-bond acceptors (Lipinski definition) is 3. The number of nitrogens with one attached hydrogen (secondary N) is 1. The molecular formula is C12H19NO2S. The first-order valence-corrected chi connectivity index (χ1v) is 6.25. The summed E-state index contributed by atoms with van der Waals surface area (Å²) in [6, 6.07) is 1.88. The molecule has 4 heteroatoms. The van der Waals surface area contributed by atoms with Crippen molar-refractivity contribution in [2.75, 3.05) is 6.54 Å². The maximum absolute atomic E-state index is 11.8. The van der Waals surface area contributed by atoms with Crippen molar-refractivity contribution in [3.8, 4) is 0 Å². The van der Waals surface area contributed by atoms with Gasteiger partial charge in [-0.3, -0.25) is 4.79 Å². The number of hydrogen-bond donors (Lipinski definition) is 2. The van der Waals surface area contributed by atoms with E-state index in [1.807, 2.05) is 26.8 Å². The van der Waals surface area contributed by atoms with Crippen molar-refractivity contribution in [2.45, 2.75) is 39.7 Å². The molecule has 16 heavy (non-hydrogen) atoms. The van der Waals surface area contributed by atoms with Gasteiger partial charge in [0.15, 0.2) is 0 Å². The second-order valence-electron chi connectivity index (χ2n) is 4.38. The van der Waals surface area contributed by atoms with Crippen LogP contribution in [-0.4, -0.2) is 23.2 Å². The van der Waals surface area contributed by atoms with Gasteiger partial charge in [0.1, 0.15) is 0 Å². The second kappa shape index (κ2) is 4.97. The minimum atomic E-state index is -0.822. The molecule has 0 bridgehead atoms. The Bertz CT molecular complexity index is 363. The lowest BCUT2D eigenvalue weighted by atomic mass is 10.0. The molecule has 0 aliphatic carbocycles. The molecule has 0 saturated carbocycles. The lowest BCUT2D eigenvalue weighted by Gasteiger charge is -2.21. The number of carbonyl (C=O) groups is 1. The monoisotopic (exact) mass is 241 g/mol. The zero-order valence-corrected chi connectivity index (χ0v) is 11.1. The molecule has 1 aromatic heterocycles. The first-order chi connectivity index (χ1) is 7.35. The van der Waals surface area contributed by atoms with Crippen LogP contribution >= 0.6 is 11.3 Å². The summed E-state index contributed by atoms with van der Waals surface area (Å²) in [6.07, 6.45) is 0.621. The highest BCUT2D eigenvalue weighted by Gasteiger charge is 2.19. The van der Waals surface area contributed by atoms with Crippen LogP contribution in [0.1, 0.15) is 40.4 Å². The average molecular weight is 241 g/mol. The molecule has 1 atom stereocenters. The Morgan fingerprint density at radius 3 is 2.62 bits per heavy atom. The molecule has 0 radical (unpaired) electrons. The molecule has 0 aliphatic rings. The molecule has 1 unspecified atom stereocenters. The van der Waals surface area contributed by atoms with Crippen molar-refractivity contribution >= 4 is 17.2 Å². The molecular weight excluding hydrogens is 222 g/mol. The third-order valence-corrected chi connectivity index (χ3v) is 3.93. The molecule has 2 N–H and O–H groups in total. The average Bonchev–Trinajstić information content (AvgIpc) is 2.56. The van der Waals surface area contributed by atoms with E-state index in [2.05, 4.69) is 5.32 Å². The SMILES string of the molecule is CCC(C)(O)CNC(=O)c1cc(C)c(C)s1. The fourth-order valence-corrected chi connectivity index (χ4v) is 2.12. The van der Waals surface area contributed by atoms with E-state index in [0.29, 0.717) is 17.8 Å². The molecule has 90 valence electrons.